The Morgan fingerprint density at radius 1 is 0.958 bits per heavy atom. The van der Waals surface area contributed by atoms with Crippen LogP contribution in [0.5, 0.6) is 5.75 Å². The minimum absolute atomic E-state index is 0.0119. The largest absolute Gasteiger partial charge is 0.484 e. The second-order valence-electron chi connectivity index (χ2n) is 5.60. The summed E-state index contributed by atoms with van der Waals surface area (Å²) in [5.41, 5.74) is 1.19. The van der Waals surface area contributed by atoms with E-state index in [1.807, 2.05) is 23.1 Å². The van der Waals surface area contributed by atoms with Crippen molar-refractivity contribution in [3.8, 4) is 5.75 Å². The van der Waals surface area contributed by atoms with Crippen molar-refractivity contribution in [1.82, 2.24) is 4.90 Å². The van der Waals surface area contributed by atoms with Crippen LogP contribution in [0.4, 0.5) is 5.69 Å². The number of hydrogen-bond donors (Lipinski definition) is 0. The minimum atomic E-state index is -0.0289. The van der Waals surface area contributed by atoms with E-state index in [1.54, 1.807) is 18.2 Å². The highest BCUT2D eigenvalue weighted by Crippen LogP contribution is 2.24. The van der Waals surface area contributed by atoms with E-state index in [0.717, 1.165) is 13.1 Å². The van der Waals surface area contributed by atoms with Crippen LogP contribution in [0.3, 0.4) is 0 Å². The number of benzene rings is 2. The van der Waals surface area contributed by atoms with E-state index in [2.05, 4.69) is 17.0 Å². The molecule has 0 atom stereocenters. The molecule has 0 unspecified atom stereocenters. The van der Waals surface area contributed by atoms with Gasteiger partial charge in [-0.1, -0.05) is 41.4 Å². The first-order chi connectivity index (χ1) is 11.6. The maximum absolute atomic E-state index is 12.3. The second kappa shape index (κ2) is 7.77. The zero-order chi connectivity index (χ0) is 16.9. The summed E-state index contributed by atoms with van der Waals surface area (Å²) in [6.07, 6.45) is 0. The Bertz CT molecular complexity index is 681. The number of ether oxygens (including phenoxy) is 1. The van der Waals surface area contributed by atoms with Crippen LogP contribution in [-0.2, 0) is 4.79 Å². The molecule has 0 bridgehead atoms. The molecule has 1 amide bonds. The second-order valence-corrected chi connectivity index (χ2v) is 6.47. The normalized spacial score (nSPS) is 14.6. The quantitative estimate of drug-likeness (QED) is 0.828. The molecule has 1 aliphatic rings. The Morgan fingerprint density at radius 2 is 1.58 bits per heavy atom. The highest BCUT2D eigenvalue weighted by atomic mass is 35.5. The number of halogens is 2. The maximum Gasteiger partial charge on any atom is 0.260 e. The molecule has 4 nitrogen and oxygen atoms in total. The van der Waals surface area contributed by atoms with Crippen LogP contribution in [0.25, 0.3) is 0 Å². The molecule has 2 aromatic rings. The van der Waals surface area contributed by atoms with Crippen LogP contribution in [0.2, 0.25) is 10.0 Å². The number of carbonyl (C=O) groups is 1. The summed E-state index contributed by atoms with van der Waals surface area (Å²) in [7, 11) is 0. The van der Waals surface area contributed by atoms with Gasteiger partial charge in [-0.15, -0.1) is 0 Å². The highest BCUT2D eigenvalue weighted by Gasteiger charge is 2.21. The van der Waals surface area contributed by atoms with Crippen molar-refractivity contribution in [2.45, 2.75) is 0 Å². The van der Waals surface area contributed by atoms with Gasteiger partial charge < -0.3 is 14.5 Å². The molecule has 0 aromatic heterocycles. The van der Waals surface area contributed by atoms with E-state index in [4.69, 9.17) is 27.9 Å². The molecule has 2 aromatic carbocycles. The maximum atomic E-state index is 12.3. The third-order valence-electron chi connectivity index (χ3n) is 3.95. The van der Waals surface area contributed by atoms with Gasteiger partial charge in [-0.3, -0.25) is 4.79 Å². The average molecular weight is 365 g/mol. The summed E-state index contributed by atoms with van der Waals surface area (Å²) >= 11 is 11.8. The lowest BCUT2D eigenvalue weighted by Crippen LogP contribution is -2.50. The average Bonchev–Trinajstić information content (AvgIpc) is 2.60. The van der Waals surface area contributed by atoms with E-state index >= 15 is 0 Å². The number of anilines is 1. The number of hydrogen-bond acceptors (Lipinski definition) is 3. The summed E-state index contributed by atoms with van der Waals surface area (Å²) in [6, 6.07) is 15.1. The Labute approximate surface area is 151 Å². The van der Waals surface area contributed by atoms with Crippen LogP contribution in [0, 0.1) is 0 Å². The summed E-state index contributed by atoms with van der Waals surface area (Å²) in [4.78, 5) is 16.4. The van der Waals surface area contributed by atoms with Crippen LogP contribution >= 0.6 is 23.2 Å². The van der Waals surface area contributed by atoms with Crippen molar-refractivity contribution in [1.29, 1.82) is 0 Å². The van der Waals surface area contributed by atoms with Crippen LogP contribution < -0.4 is 9.64 Å². The summed E-state index contributed by atoms with van der Waals surface area (Å²) in [6.45, 7) is 3.00. The Hall–Kier alpha value is -1.91. The summed E-state index contributed by atoms with van der Waals surface area (Å²) in [5, 5.41) is 0.975. The lowest BCUT2D eigenvalue weighted by Gasteiger charge is -2.36. The van der Waals surface area contributed by atoms with Gasteiger partial charge in [0.25, 0.3) is 5.91 Å². The number of amides is 1. The molecule has 0 N–H and O–H groups in total. The third kappa shape index (κ3) is 4.34. The topological polar surface area (TPSA) is 32.8 Å². The van der Waals surface area contributed by atoms with E-state index in [9.17, 15) is 4.79 Å². The molecule has 3 rings (SSSR count). The molecule has 1 aliphatic heterocycles. The van der Waals surface area contributed by atoms with Crippen molar-refractivity contribution in [2.75, 3.05) is 37.7 Å². The molecular formula is C18H18Cl2N2O2. The first-order valence-corrected chi connectivity index (χ1v) is 8.54. The zero-order valence-corrected chi connectivity index (χ0v) is 14.6. The van der Waals surface area contributed by atoms with Gasteiger partial charge >= 0.3 is 0 Å². The third-order valence-corrected chi connectivity index (χ3v) is 4.39. The van der Waals surface area contributed by atoms with Crippen molar-refractivity contribution >= 4 is 34.8 Å². The van der Waals surface area contributed by atoms with Gasteiger partial charge in [0.2, 0.25) is 0 Å². The number of piperazine rings is 1. The van der Waals surface area contributed by atoms with Crippen LogP contribution in [-0.4, -0.2) is 43.6 Å². The van der Waals surface area contributed by atoms with Gasteiger partial charge in [0.1, 0.15) is 5.75 Å². The zero-order valence-electron chi connectivity index (χ0n) is 13.1. The Balaban J connectivity index is 1.50. The van der Waals surface area contributed by atoms with Crippen molar-refractivity contribution in [3.05, 3.63) is 58.6 Å². The van der Waals surface area contributed by atoms with Gasteiger partial charge in [-0.25, -0.2) is 0 Å². The molecule has 1 heterocycles. The first kappa shape index (κ1) is 16.9. The van der Waals surface area contributed by atoms with Crippen molar-refractivity contribution < 1.29 is 9.53 Å². The van der Waals surface area contributed by atoms with E-state index in [0.29, 0.717) is 28.9 Å². The summed E-state index contributed by atoms with van der Waals surface area (Å²) in [5.74, 6) is 0.475. The number of nitrogens with zero attached hydrogens (tertiary/aromatic N) is 2. The molecule has 126 valence electrons. The van der Waals surface area contributed by atoms with Crippen molar-refractivity contribution in [2.24, 2.45) is 0 Å². The molecule has 0 spiro atoms. The highest BCUT2D eigenvalue weighted by molar-refractivity contribution is 6.34. The SMILES string of the molecule is O=C(COc1cc(Cl)cc(Cl)c1)N1CCN(c2ccccc2)CC1. The Kier molecular flexibility index (Phi) is 5.48. The van der Waals surface area contributed by atoms with Crippen molar-refractivity contribution in [3.63, 3.8) is 0 Å². The van der Waals surface area contributed by atoms with Gasteiger partial charge in [0.05, 0.1) is 0 Å². The van der Waals surface area contributed by atoms with Gasteiger partial charge in [-0.05, 0) is 30.3 Å². The molecule has 0 saturated carbocycles. The first-order valence-electron chi connectivity index (χ1n) is 7.78. The number of para-hydroxylation sites is 1. The lowest BCUT2D eigenvalue weighted by molar-refractivity contribution is -0.133. The lowest BCUT2D eigenvalue weighted by atomic mass is 10.2. The fourth-order valence-corrected chi connectivity index (χ4v) is 3.21. The molecule has 24 heavy (non-hydrogen) atoms. The predicted octanol–water partition coefficient (Wildman–Crippen LogP) is 3.72. The van der Waals surface area contributed by atoms with Crippen LogP contribution in [0.15, 0.2) is 48.5 Å². The van der Waals surface area contributed by atoms with Gasteiger partial charge in [0, 0.05) is 41.9 Å². The minimum Gasteiger partial charge on any atom is -0.484 e. The molecule has 6 heteroatoms. The van der Waals surface area contributed by atoms with E-state index in [-0.39, 0.29) is 12.5 Å². The van der Waals surface area contributed by atoms with Gasteiger partial charge in [0.15, 0.2) is 6.61 Å². The number of carbonyl (C=O) groups excluding carboxylic acids is 1. The van der Waals surface area contributed by atoms with E-state index < -0.39 is 0 Å². The summed E-state index contributed by atoms with van der Waals surface area (Å²) < 4.78 is 5.52. The van der Waals surface area contributed by atoms with Crippen LogP contribution in [0.1, 0.15) is 0 Å². The fourth-order valence-electron chi connectivity index (χ4n) is 2.70. The number of rotatable bonds is 4. The monoisotopic (exact) mass is 364 g/mol. The molecule has 1 saturated heterocycles. The fraction of sp³-hybridized carbons (Fsp3) is 0.278. The molecule has 0 radical (unpaired) electrons. The van der Waals surface area contributed by atoms with Gasteiger partial charge in [-0.2, -0.15) is 0 Å². The molecular weight excluding hydrogens is 347 g/mol. The van der Waals surface area contributed by atoms with E-state index in [1.165, 1.54) is 5.69 Å². The Morgan fingerprint density at radius 3 is 2.21 bits per heavy atom. The standard InChI is InChI=1S/C18H18Cl2N2O2/c19-14-10-15(20)12-17(11-14)24-13-18(23)22-8-6-21(7-9-22)16-4-2-1-3-5-16/h1-5,10-12H,6-9,13H2. The predicted molar refractivity (Wildman–Crippen MR) is 97.2 cm³/mol. The molecule has 0 aliphatic carbocycles. The molecule has 1 fully saturated rings. The smallest absolute Gasteiger partial charge is 0.260 e.